The Balaban J connectivity index is 1.14. The van der Waals surface area contributed by atoms with E-state index in [9.17, 15) is 0 Å². The van der Waals surface area contributed by atoms with Crippen molar-refractivity contribution in [2.75, 3.05) is 0 Å². The molecule has 0 saturated heterocycles. The molecule has 3 aromatic heterocycles. The van der Waals surface area contributed by atoms with E-state index in [-0.39, 0.29) is 0 Å². The van der Waals surface area contributed by atoms with Crippen molar-refractivity contribution < 1.29 is 0 Å². The number of thiophene rings is 1. The Morgan fingerprint density at radius 1 is 0.327 bits per heavy atom. The largest absolute Gasteiger partial charge is 0.309 e. The third kappa shape index (κ3) is 4.48. The van der Waals surface area contributed by atoms with Crippen molar-refractivity contribution in [1.29, 1.82) is 0 Å². The first-order chi connectivity index (χ1) is 27.3. The van der Waals surface area contributed by atoms with Gasteiger partial charge < -0.3 is 9.13 Å². The van der Waals surface area contributed by atoms with E-state index in [1.807, 2.05) is 11.3 Å². The number of hydrogen-bond acceptors (Lipinski definition) is 1. The first-order valence-corrected chi connectivity index (χ1v) is 19.7. The summed E-state index contributed by atoms with van der Waals surface area (Å²) in [5.41, 5.74) is 12.2. The summed E-state index contributed by atoms with van der Waals surface area (Å²) in [4.78, 5) is 0. The monoisotopic (exact) mass is 716 g/mol. The maximum atomic E-state index is 2.48. The summed E-state index contributed by atoms with van der Waals surface area (Å²) in [5.74, 6) is 0. The zero-order chi connectivity index (χ0) is 36.0. The molecule has 3 heteroatoms. The van der Waals surface area contributed by atoms with Gasteiger partial charge in [0.05, 0.1) is 27.8 Å². The van der Waals surface area contributed by atoms with Gasteiger partial charge in [0.2, 0.25) is 0 Å². The van der Waals surface area contributed by atoms with Crippen molar-refractivity contribution in [3.8, 4) is 33.6 Å². The number of nitrogens with zero attached hydrogens (tertiary/aromatic N) is 2. The molecule has 2 nitrogen and oxygen atoms in total. The van der Waals surface area contributed by atoms with Crippen LogP contribution < -0.4 is 0 Å². The summed E-state index contributed by atoms with van der Waals surface area (Å²) < 4.78 is 7.55. The topological polar surface area (TPSA) is 9.86 Å². The van der Waals surface area contributed by atoms with Gasteiger partial charge in [0.15, 0.2) is 0 Å². The maximum absolute atomic E-state index is 2.48. The van der Waals surface area contributed by atoms with Gasteiger partial charge >= 0.3 is 0 Å². The minimum atomic E-state index is 1.16. The van der Waals surface area contributed by atoms with E-state index >= 15 is 0 Å². The van der Waals surface area contributed by atoms with E-state index in [1.54, 1.807) is 0 Å². The van der Waals surface area contributed by atoms with E-state index in [1.165, 1.54) is 102 Å². The van der Waals surface area contributed by atoms with Crippen molar-refractivity contribution >= 4 is 85.9 Å². The number of hydrogen-bond donors (Lipinski definition) is 0. The van der Waals surface area contributed by atoms with Crippen LogP contribution in [0.3, 0.4) is 0 Å². The Morgan fingerprint density at radius 2 is 0.945 bits per heavy atom. The lowest BCUT2D eigenvalue weighted by Crippen LogP contribution is -1.94. The lowest BCUT2D eigenvalue weighted by atomic mass is 9.92. The minimum absolute atomic E-state index is 1.16. The van der Waals surface area contributed by atoms with E-state index < -0.39 is 0 Å². The second-order valence-corrected chi connectivity index (χ2v) is 15.6. The van der Waals surface area contributed by atoms with Gasteiger partial charge in [-0.2, -0.15) is 0 Å². The molecule has 55 heavy (non-hydrogen) atoms. The van der Waals surface area contributed by atoms with Gasteiger partial charge in [-0.25, -0.2) is 0 Å². The Labute approximate surface area is 321 Å². The van der Waals surface area contributed by atoms with Crippen molar-refractivity contribution in [2.24, 2.45) is 0 Å². The highest BCUT2D eigenvalue weighted by atomic mass is 32.1. The van der Waals surface area contributed by atoms with Crippen LogP contribution in [0.25, 0.3) is 108 Å². The zero-order valence-electron chi connectivity index (χ0n) is 29.8. The van der Waals surface area contributed by atoms with Crippen LogP contribution in [0.1, 0.15) is 0 Å². The molecular formula is C52H32N2S. The van der Waals surface area contributed by atoms with Gasteiger partial charge in [-0.15, -0.1) is 11.3 Å². The van der Waals surface area contributed by atoms with Crippen LogP contribution in [0, 0.1) is 0 Å². The van der Waals surface area contributed by atoms with E-state index in [0.29, 0.717) is 0 Å². The lowest BCUT2D eigenvalue weighted by molar-refractivity contribution is 1.18. The van der Waals surface area contributed by atoms with Crippen LogP contribution in [0.4, 0.5) is 0 Å². The van der Waals surface area contributed by atoms with Gasteiger partial charge in [0, 0.05) is 47.4 Å². The minimum Gasteiger partial charge on any atom is -0.309 e. The standard InChI is InChI=1S/C52H32N2S/c1-3-14-33(15-4-1)50-38-19-8-7-16-36(38)32-47-52(50)42-31-35(27-29-45(42)53(47)37-17-5-2-6-18-37)34-26-28-44-41(30-34)39-20-9-11-22-43(39)54(44)46-23-13-25-49-51(46)40-21-10-12-24-48(40)55-49/h1-32H. The molecule has 0 saturated carbocycles. The third-order valence-electron chi connectivity index (χ3n) is 11.5. The van der Waals surface area contributed by atoms with Crippen LogP contribution >= 0.6 is 11.3 Å². The lowest BCUT2D eigenvalue weighted by Gasteiger charge is -2.12. The summed E-state index contributed by atoms with van der Waals surface area (Å²) in [7, 11) is 0. The quantitative estimate of drug-likeness (QED) is 0.172. The molecule has 0 aliphatic heterocycles. The highest BCUT2D eigenvalue weighted by Gasteiger charge is 2.21. The molecule has 12 rings (SSSR count). The van der Waals surface area contributed by atoms with Gasteiger partial charge in [0.1, 0.15) is 0 Å². The average molecular weight is 717 g/mol. The van der Waals surface area contributed by atoms with Gasteiger partial charge in [0.25, 0.3) is 0 Å². The Kier molecular flexibility index (Phi) is 6.54. The fourth-order valence-electron chi connectivity index (χ4n) is 9.14. The highest BCUT2D eigenvalue weighted by Crippen LogP contribution is 2.45. The number of fused-ring (bicyclic) bond motifs is 10. The van der Waals surface area contributed by atoms with Gasteiger partial charge in [-0.1, -0.05) is 127 Å². The van der Waals surface area contributed by atoms with Crippen LogP contribution in [0.15, 0.2) is 194 Å². The first-order valence-electron chi connectivity index (χ1n) is 18.9. The molecule has 0 aliphatic rings. The molecule has 0 unspecified atom stereocenters. The molecule has 0 aliphatic carbocycles. The first kappa shape index (κ1) is 30.5. The van der Waals surface area contributed by atoms with Crippen LogP contribution in [0.2, 0.25) is 0 Å². The second kappa shape index (κ2) is 11.8. The summed E-state index contributed by atoms with van der Waals surface area (Å²) in [6.07, 6.45) is 0. The number of aromatic nitrogens is 2. The Bertz CT molecular complexity index is 3470. The molecule has 3 heterocycles. The molecule has 256 valence electrons. The average Bonchev–Trinajstić information content (AvgIpc) is 3.90. The van der Waals surface area contributed by atoms with Crippen LogP contribution in [-0.2, 0) is 0 Å². The van der Waals surface area contributed by atoms with Gasteiger partial charge in [-0.05, 0) is 99.8 Å². The number of rotatable bonds is 4. The second-order valence-electron chi connectivity index (χ2n) is 14.5. The predicted molar refractivity (Wildman–Crippen MR) is 236 cm³/mol. The molecule has 0 atom stereocenters. The molecule has 12 aromatic rings. The van der Waals surface area contributed by atoms with Crippen LogP contribution in [0.5, 0.6) is 0 Å². The van der Waals surface area contributed by atoms with Crippen molar-refractivity contribution in [2.45, 2.75) is 0 Å². The number of benzene rings is 9. The molecule has 0 amide bonds. The summed E-state index contributed by atoms with van der Waals surface area (Å²) in [5, 5.41) is 10.2. The molecule has 0 spiro atoms. The molecule has 9 aromatic carbocycles. The molecule has 0 N–H and O–H groups in total. The third-order valence-corrected chi connectivity index (χ3v) is 12.6. The summed E-state index contributed by atoms with van der Waals surface area (Å²) >= 11 is 1.87. The molecule has 0 fully saturated rings. The molecule has 0 radical (unpaired) electrons. The highest BCUT2D eigenvalue weighted by molar-refractivity contribution is 7.25. The normalized spacial score (nSPS) is 12.0. The Hall–Kier alpha value is -6.94. The van der Waals surface area contributed by atoms with Crippen LogP contribution in [-0.4, -0.2) is 9.13 Å². The SMILES string of the molecule is c1ccc(-c2c3ccccc3cc3c2c2cc(-c4ccc5c(c4)c4ccccc4n5-c4cccc5sc6ccccc6c45)ccc2n3-c2ccccc2)cc1. The molecule has 0 bridgehead atoms. The van der Waals surface area contributed by atoms with Crippen molar-refractivity contribution in [3.05, 3.63) is 194 Å². The smallest absolute Gasteiger partial charge is 0.0555 e. The summed E-state index contributed by atoms with van der Waals surface area (Å²) in [6, 6.07) is 71.4. The van der Waals surface area contributed by atoms with E-state index in [0.717, 1.165) is 5.69 Å². The number of para-hydroxylation sites is 2. The zero-order valence-corrected chi connectivity index (χ0v) is 30.6. The Morgan fingerprint density at radius 3 is 1.76 bits per heavy atom. The van der Waals surface area contributed by atoms with Gasteiger partial charge in [-0.3, -0.25) is 0 Å². The predicted octanol–water partition coefficient (Wildman–Crippen LogP) is 14.7. The van der Waals surface area contributed by atoms with Crippen molar-refractivity contribution in [1.82, 2.24) is 9.13 Å². The maximum Gasteiger partial charge on any atom is 0.0555 e. The molecular weight excluding hydrogens is 685 g/mol. The van der Waals surface area contributed by atoms with Crippen molar-refractivity contribution in [3.63, 3.8) is 0 Å². The van der Waals surface area contributed by atoms with E-state index in [2.05, 4.69) is 203 Å². The fourth-order valence-corrected chi connectivity index (χ4v) is 10.3. The fraction of sp³-hybridized carbons (Fsp3) is 0. The summed E-state index contributed by atoms with van der Waals surface area (Å²) in [6.45, 7) is 0. The van der Waals surface area contributed by atoms with E-state index in [4.69, 9.17) is 0 Å².